The number of carbonyl (C=O) groups excluding carboxylic acids is 1. The largest absolute Gasteiger partial charge is 0.339 e. The average Bonchev–Trinajstić information content (AvgIpc) is 2.79. The topological polar surface area (TPSA) is 121 Å². The molecule has 0 spiro atoms. The molecular weight excluding hydrogens is 446 g/mol. The van der Waals surface area contributed by atoms with Crippen LogP contribution in [0.2, 0.25) is 0 Å². The Morgan fingerprint density at radius 3 is 2.33 bits per heavy atom. The van der Waals surface area contributed by atoms with Crippen LogP contribution in [0, 0.1) is 10.1 Å². The maximum absolute atomic E-state index is 13.2. The first kappa shape index (κ1) is 22.8. The third kappa shape index (κ3) is 5.19. The summed E-state index contributed by atoms with van der Waals surface area (Å²) in [4.78, 5) is 27.2. The van der Waals surface area contributed by atoms with E-state index in [0.29, 0.717) is 19.6 Å². The van der Waals surface area contributed by atoms with Crippen LogP contribution in [-0.4, -0.2) is 59.8 Å². The zero-order valence-corrected chi connectivity index (χ0v) is 18.5. The van der Waals surface area contributed by atoms with Gasteiger partial charge in [0.1, 0.15) is 0 Å². The standard InChI is InChI=1S/C23H23N3O6S/c27-23(22(33(30,31)32)20-9-8-18-5-1-2-6-19(18)15-20)25-12-10-24(11-13-25)16-17-4-3-7-21(14-17)26(28)29/h1-9,14-15,22H,10-13,16H2,(H,30,31,32). The molecule has 3 aromatic carbocycles. The number of hydrogen-bond donors (Lipinski definition) is 1. The summed E-state index contributed by atoms with van der Waals surface area (Å²) in [7, 11) is -4.68. The first-order valence-corrected chi connectivity index (χ1v) is 11.9. The summed E-state index contributed by atoms with van der Waals surface area (Å²) in [5.74, 6) is -0.664. The number of non-ortho nitro benzene ring substituents is 1. The number of amides is 1. The molecule has 0 bridgehead atoms. The Hall–Kier alpha value is -3.34. The summed E-state index contributed by atoms with van der Waals surface area (Å²) in [5.41, 5.74) is 1.03. The van der Waals surface area contributed by atoms with Crippen molar-refractivity contribution in [3.8, 4) is 0 Å². The summed E-state index contributed by atoms with van der Waals surface area (Å²) in [6.45, 7) is 2.01. The number of nitrogens with zero attached hydrogens (tertiary/aromatic N) is 3. The van der Waals surface area contributed by atoms with Gasteiger partial charge in [-0.2, -0.15) is 8.42 Å². The van der Waals surface area contributed by atoms with Crippen molar-refractivity contribution < 1.29 is 22.7 Å². The summed E-state index contributed by atoms with van der Waals surface area (Å²) >= 11 is 0. The monoisotopic (exact) mass is 469 g/mol. The fourth-order valence-corrected chi connectivity index (χ4v) is 5.03. The van der Waals surface area contributed by atoms with Crippen LogP contribution < -0.4 is 0 Å². The Morgan fingerprint density at radius 2 is 1.67 bits per heavy atom. The zero-order chi connectivity index (χ0) is 23.6. The summed E-state index contributed by atoms with van der Waals surface area (Å²) in [5, 5.41) is 11.0. The number of hydrogen-bond acceptors (Lipinski definition) is 6. The Bertz CT molecular complexity index is 1300. The molecule has 1 amide bonds. The normalized spacial score (nSPS) is 16.0. The highest BCUT2D eigenvalue weighted by molar-refractivity contribution is 7.86. The molecule has 172 valence electrons. The third-order valence-corrected chi connectivity index (χ3v) is 6.88. The van der Waals surface area contributed by atoms with Crippen LogP contribution in [0.4, 0.5) is 5.69 Å². The molecule has 0 aromatic heterocycles. The average molecular weight is 470 g/mol. The molecular formula is C23H23N3O6S. The van der Waals surface area contributed by atoms with Crippen molar-refractivity contribution in [2.24, 2.45) is 0 Å². The van der Waals surface area contributed by atoms with Gasteiger partial charge in [0.05, 0.1) is 4.92 Å². The summed E-state index contributed by atoms with van der Waals surface area (Å²) in [6, 6.07) is 18.7. The maximum atomic E-state index is 13.2. The van der Waals surface area contributed by atoms with Crippen LogP contribution in [-0.2, 0) is 21.5 Å². The van der Waals surface area contributed by atoms with E-state index in [4.69, 9.17) is 0 Å². The zero-order valence-electron chi connectivity index (χ0n) is 17.7. The van der Waals surface area contributed by atoms with Crippen LogP contribution in [0.25, 0.3) is 10.8 Å². The van der Waals surface area contributed by atoms with Crippen molar-refractivity contribution >= 4 is 32.5 Å². The molecule has 3 aromatic rings. The Labute approximate surface area is 191 Å². The van der Waals surface area contributed by atoms with Gasteiger partial charge in [-0.3, -0.25) is 24.4 Å². The molecule has 1 aliphatic rings. The van der Waals surface area contributed by atoms with Gasteiger partial charge in [-0.05, 0) is 28.0 Å². The Morgan fingerprint density at radius 1 is 0.970 bits per heavy atom. The van der Waals surface area contributed by atoms with Crippen LogP contribution in [0.1, 0.15) is 16.4 Å². The number of carbonyl (C=O) groups is 1. The minimum atomic E-state index is -4.68. The molecule has 10 heteroatoms. The van der Waals surface area contributed by atoms with E-state index < -0.39 is 26.2 Å². The van der Waals surface area contributed by atoms with Gasteiger partial charge in [0.25, 0.3) is 15.8 Å². The van der Waals surface area contributed by atoms with Gasteiger partial charge in [0, 0.05) is 44.9 Å². The Kier molecular flexibility index (Phi) is 6.41. The third-order valence-electron chi connectivity index (χ3n) is 5.81. The van der Waals surface area contributed by atoms with Crippen molar-refractivity contribution in [3.63, 3.8) is 0 Å². The fourth-order valence-electron chi connectivity index (χ4n) is 4.13. The Balaban J connectivity index is 1.47. The van der Waals surface area contributed by atoms with E-state index in [1.807, 2.05) is 29.2 Å². The predicted molar refractivity (Wildman–Crippen MR) is 123 cm³/mol. The van der Waals surface area contributed by atoms with Crippen molar-refractivity contribution in [2.75, 3.05) is 26.2 Å². The summed E-state index contributed by atoms with van der Waals surface area (Å²) in [6.07, 6.45) is 0. The van der Waals surface area contributed by atoms with E-state index in [1.165, 1.54) is 17.0 Å². The lowest BCUT2D eigenvalue weighted by Crippen LogP contribution is -2.50. The highest BCUT2D eigenvalue weighted by atomic mass is 32.2. The summed E-state index contributed by atoms with van der Waals surface area (Å²) < 4.78 is 34.3. The molecule has 1 heterocycles. The molecule has 1 fully saturated rings. The molecule has 33 heavy (non-hydrogen) atoms. The number of benzene rings is 3. The maximum Gasteiger partial charge on any atom is 0.281 e. The molecule has 1 saturated heterocycles. The van der Waals surface area contributed by atoms with Gasteiger partial charge in [-0.1, -0.05) is 48.5 Å². The molecule has 4 rings (SSSR count). The van der Waals surface area contributed by atoms with Crippen LogP contribution in [0.5, 0.6) is 0 Å². The van der Waals surface area contributed by atoms with E-state index in [-0.39, 0.29) is 24.3 Å². The second-order valence-electron chi connectivity index (χ2n) is 8.03. The highest BCUT2D eigenvalue weighted by Crippen LogP contribution is 2.28. The van der Waals surface area contributed by atoms with Gasteiger partial charge < -0.3 is 4.90 Å². The van der Waals surface area contributed by atoms with E-state index in [9.17, 15) is 27.9 Å². The van der Waals surface area contributed by atoms with Crippen LogP contribution in [0.3, 0.4) is 0 Å². The number of rotatable bonds is 6. The molecule has 1 unspecified atom stereocenters. The van der Waals surface area contributed by atoms with Crippen molar-refractivity contribution in [1.29, 1.82) is 0 Å². The second-order valence-corrected chi connectivity index (χ2v) is 9.53. The van der Waals surface area contributed by atoms with Crippen molar-refractivity contribution in [2.45, 2.75) is 11.8 Å². The van der Waals surface area contributed by atoms with Crippen molar-refractivity contribution in [3.05, 3.63) is 88.0 Å². The van der Waals surface area contributed by atoms with Gasteiger partial charge in [0.2, 0.25) is 5.91 Å². The lowest BCUT2D eigenvalue weighted by atomic mass is 10.0. The molecule has 0 saturated carbocycles. The van der Waals surface area contributed by atoms with E-state index in [1.54, 1.807) is 30.3 Å². The van der Waals surface area contributed by atoms with Gasteiger partial charge in [-0.15, -0.1) is 0 Å². The minimum absolute atomic E-state index is 0.0210. The van der Waals surface area contributed by atoms with Gasteiger partial charge in [0.15, 0.2) is 5.25 Å². The van der Waals surface area contributed by atoms with Crippen LogP contribution >= 0.6 is 0 Å². The second kappa shape index (κ2) is 9.26. The molecule has 1 N–H and O–H groups in total. The smallest absolute Gasteiger partial charge is 0.281 e. The predicted octanol–water partition coefficient (Wildman–Crippen LogP) is 3.02. The van der Waals surface area contributed by atoms with E-state index in [0.717, 1.165) is 16.3 Å². The van der Waals surface area contributed by atoms with E-state index >= 15 is 0 Å². The first-order valence-electron chi connectivity index (χ1n) is 10.4. The number of fused-ring (bicyclic) bond motifs is 1. The fraction of sp³-hybridized carbons (Fsp3) is 0.261. The number of nitro benzene ring substituents is 1. The highest BCUT2D eigenvalue weighted by Gasteiger charge is 2.37. The van der Waals surface area contributed by atoms with Crippen LogP contribution in [0.15, 0.2) is 66.7 Å². The first-order chi connectivity index (χ1) is 15.7. The SMILES string of the molecule is O=C(C(c1ccc2ccccc2c1)S(=O)(=O)O)N1CCN(Cc2cccc([N+](=O)[O-])c2)CC1. The van der Waals surface area contributed by atoms with Gasteiger partial charge in [-0.25, -0.2) is 0 Å². The van der Waals surface area contributed by atoms with Crippen molar-refractivity contribution in [1.82, 2.24) is 9.80 Å². The quantitative estimate of drug-likeness (QED) is 0.335. The minimum Gasteiger partial charge on any atom is -0.339 e. The number of nitro groups is 1. The molecule has 0 aliphatic carbocycles. The molecule has 1 aliphatic heterocycles. The lowest BCUT2D eigenvalue weighted by molar-refractivity contribution is -0.384. The molecule has 9 nitrogen and oxygen atoms in total. The molecule has 0 radical (unpaired) electrons. The molecule has 1 atom stereocenters. The lowest BCUT2D eigenvalue weighted by Gasteiger charge is -2.36. The van der Waals surface area contributed by atoms with E-state index in [2.05, 4.69) is 0 Å². The van der Waals surface area contributed by atoms with Gasteiger partial charge >= 0.3 is 0 Å². The number of piperazine rings is 1.